The van der Waals surface area contributed by atoms with Gasteiger partial charge in [-0.15, -0.1) is 24.8 Å². The van der Waals surface area contributed by atoms with E-state index in [1.807, 2.05) is 6.07 Å². The van der Waals surface area contributed by atoms with Crippen LogP contribution in [0.3, 0.4) is 0 Å². The molecule has 0 bridgehead atoms. The molecule has 3 nitrogen and oxygen atoms in total. The first-order valence-corrected chi connectivity index (χ1v) is 6.01. The van der Waals surface area contributed by atoms with Crippen molar-refractivity contribution in [3.05, 3.63) is 29.6 Å². The third-order valence-electron chi connectivity index (χ3n) is 3.35. The average molecular weight is 311 g/mol. The molecular formula is C13H21Cl2FN2O. The summed E-state index contributed by atoms with van der Waals surface area (Å²) in [6.07, 6.45) is 0. The van der Waals surface area contributed by atoms with Crippen LogP contribution in [0.2, 0.25) is 0 Å². The number of benzene rings is 1. The molecule has 0 aliphatic carbocycles. The number of halogens is 3. The van der Waals surface area contributed by atoms with Gasteiger partial charge in [0.2, 0.25) is 0 Å². The van der Waals surface area contributed by atoms with Gasteiger partial charge in [-0.1, -0.05) is 12.1 Å². The molecule has 1 N–H and O–H groups in total. The van der Waals surface area contributed by atoms with E-state index in [4.69, 9.17) is 4.74 Å². The Labute approximate surface area is 126 Å². The number of piperazine rings is 1. The second-order valence-electron chi connectivity index (χ2n) is 4.32. The summed E-state index contributed by atoms with van der Waals surface area (Å²) in [5.41, 5.74) is 0.925. The Morgan fingerprint density at radius 2 is 1.89 bits per heavy atom. The first-order chi connectivity index (χ1) is 8.24. The predicted molar refractivity (Wildman–Crippen MR) is 80.3 cm³/mol. The van der Waals surface area contributed by atoms with Crippen molar-refractivity contribution in [2.24, 2.45) is 0 Å². The third-order valence-corrected chi connectivity index (χ3v) is 3.35. The van der Waals surface area contributed by atoms with E-state index in [0.29, 0.717) is 5.75 Å². The predicted octanol–water partition coefficient (Wildman–Crippen LogP) is 2.64. The van der Waals surface area contributed by atoms with Gasteiger partial charge in [0.15, 0.2) is 11.6 Å². The second kappa shape index (κ2) is 8.59. The molecule has 1 heterocycles. The van der Waals surface area contributed by atoms with E-state index in [1.54, 1.807) is 6.07 Å². The lowest BCUT2D eigenvalue weighted by molar-refractivity contribution is 0.182. The maximum atomic E-state index is 13.6. The fourth-order valence-corrected chi connectivity index (χ4v) is 2.34. The van der Waals surface area contributed by atoms with Gasteiger partial charge in [0.25, 0.3) is 0 Å². The minimum Gasteiger partial charge on any atom is -0.493 e. The molecule has 1 aromatic carbocycles. The smallest absolute Gasteiger partial charge is 0.165 e. The number of nitrogens with one attached hydrogen (secondary N) is 1. The standard InChI is InChI=1S/C13H19FN2O.2ClH/c1-10(16-8-6-15-7-9-16)11-4-3-5-12(14)13(11)17-2;;/h3-5,10,15H,6-9H2,1-2H3;2*1H/t10-;;/m0../s1. The molecule has 1 saturated heterocycles. The van der Waals surface area contributed by atoms with Crippen molar-refractivity contribution in [1.82, 2.24) is 10.2 Å². The molecule has 0 saturated carbocycles. The largest absolute Gasteiger partial charge is 0.493 e. The monoisotopic (exact) mass is 310 g/mol. The van der Waals surface area contributed by atoms with Crippen molar-refractivity contribution in [3.8, 4) is 5.75 Å². The molecule has 0 radical (unpaired) electrons. The average Bonchev–Trinajstić information content (AvgIpc) is 2.38. The number of hydrogen-bond donors (Lipinski definition) is 1. The van der Waals surface area contributed by atoms with E-state index >= 15 is 0 Å². The zero-order valence-electron chi connectivity index (χ0n) is 11.2. The van der Waals surface area contributed by atoms with Crippen LogP contribution in [0.4, 0.5) is 4.39 Å². The quantitative estimate of drug-likeness (QED) is 0.929. The van der Waals surface area contributed by atoms with Crippen molar-refractivity contribution in [1.29, 1.82) is 0 Å². The molecule has 2 rings (SSSR count). The van der Waals surface area contributed by atoms with Gasteiger partial charge in [-0.3, -0.25) is 4.90 Å². The van der Waals surface area contributed by atoms with Crippen molar-refractivity contribution < 1.29 is 9.13 Å². The van der Waals surface area contributed by atoms with Gasteiger partial charge < -0.3 is 10.1 Å². The van der Waals surface area contributed by atoms with Gasteiger partial charge in [0, 0.05) is 37.8 Å². The van der Waals surface area contributed by atoms with E-state index in [-0.39, 0.29) is 36.7 Å². The molecule has 1 aliphatic heterocycles. The van der Waals surface area contributed by atoms with Crippen LogP contribution >= 0.6 is 24.8 Å². The Morgan fingerprint density at radius 1 is 1.26 bits per heavy atom. The summed E-state index contributed by atoms with van der Waals surface area (Å²) in [6.45, 7) is 6.05. The fourth-order valence-electron chi connectivity index (χ4n) is 2.34. The molecule has 0 spiro atoms. The summed E-state index contributed by atoms with van der Waals surface area (Å²) in [6, 6.07) is 5.30. The van der Waals surface area contributed by atoms with Crippen LogP contribution in [-0.4, -0.2) is 38.2 Å². The lowest BCUT2D eigenvalue weighted by atomic mass is 10.0. The summed E-state index contributed by atoms with van der Waals surface area (Å²) >= 11 is 0. The zero-order chi connectivity index (χ0) is 12.3. The first-order valence-electron chi connectivity index (χ1n) is 6.01. The number of rotatable bonds is 3. The van der Waals surface area contributed by atoms with Crippen LogP contribution in [-0.2, 0) is 0 Å². The van der Waals surface area contributed by atoms with Crippen LogP contribution in [0.1, 0.15) is 18.5 Å². The molecule has 1 aliphatic rings. The number of methoxy groups -OCH3 is 1. The van der Waals surface area contributed by atoms with E-state index in [2.05, 4.69) is 17.1 Å². The SMILES string of the molecule is COc1c(F)cccc1[C@H](C)N1CCNCC1.Cl.Cl. The molecule has 1 aromatic rings. The molecule has 0 unspecified atom stereocenters. The van der Waals surface area contributed by atoms with Crippen molar-refractivity contribution in [2.75, 3.05) is 33.3 Å². The fraction of sp³-hybridized carbons (Fsp3) is 0.538. The minimum absolute atomic E-state index is 0. The van der Waals surface area contributed by atoms with Crippen LogP contribution in [0.25, 0.3) is 0 Å². The first kappa shape index (κ1) is 18.4. The van der Waals surface area contributed by atoms with E-state index in [0.717, 1.165) is 31.7 Å². The maximum Gasteiger partial charge on any atom is 0.165 e. The maximum absolute atomic E-state index is 13.6. The van der Waals surface area contributed by atoms with Gasteiger partial charge in [-0.05, 0) is 13.0 Å². The number of hydrogen-bond acceptors (Lipinski definition) is 3. The van der Waals surface area contributed by atoms with Crippen LogP contribution in [0.5, 0.6) is 5.75 Å². The minimum atomic E-state index is -0.285. The Morgan fingerprint density at radius 3 is 2.47 bits per heavy atom. The zero-order valence-corrected chi connectivity index (χ0v) is 12.8. The van der Waals surface area contributed by atoms with Crippen LogP contribution in [0.15, 0.2) is 18.2 Å². The highest BCUT2D eigenvalue weighted by Crippen LogP contribution is 2.31. The van der Waals surface area contributed by atoms with Gasteiger partial charge in [-0.2, -0.15) is 0 Å². The van der Waals surface area contributed by atoms with Crippen molar-refractivity contribution in [3.63, 3.8) is 0 Å². The third kappa shape index (κ3) is 4.21. The molecule has 0 amide bonds. The normalized spacial score (nSPS) is 17.0. The van der Waals surface area contributed by atoms with Gasteiger partial charge >= 0.3 is 0 Å². The Kier molecular flexibility index (Phi) is 8.34. The van der Waals surface area contributed by atoms with Crippen LogP contribution < -0.4 is 10.1 Å². The van der Waals surface area contributed by atoms with Crippen molar-refractivity contribution in [2.45, 2.75) is 13.0 Å². The molecule has 19 heavy (non-hydrogen) atoms. The summed E-state index contributed by atoms with van der Waals surface area (Å²) < 4.78 is 18.8. The summed E-state index contributed by atoms with van der Waals surface area (Å²) in [5, 5.41) is 3.31. The summed E-state index contributed by atoms with van der Waals surface area (Å²) in [4.78, 5) is 2.34. The summed E-state index contributed by atoms with van der Waals surface area (Å²) in [7, 11) is 1.52. The Bertz CT molecular complexity index is 387. The van der Waals surface area contributed by atoms with Gasteiger partial charge in [0.05, 0.1) is 7.11 Å². The highest BCUT2D eigenvalue weighted by molar-refractivity contribution is 5.85. The lowest BCUT2D eigenvalue weighted by Gasteiger charge is -2.33. The number of ether oxygens (including phenoxy) is 1. The Balaban J connectivity index is 0.00000162. The molecule has 110 valence electrons. The van der Waals surface area contributed by atoms with Gasteiger partial charge in [-0.25, -0.2) is 4.39 Å². The topological polar surface area (TPSA) is 24.5 Å². The highest BCUT2D eigenvalue weighted by Gasteiger charge is 2.22. The molecular weight excluding hydrogens is 290 g/mol. The lowest BCUT2D eigenvalue weighted by Crippen LogP contribution is -2.44. The second-order valence-corrected chi connectivity index (χ2v) is 4.32. The van der Waals surface area contributed by atoms with Gasteiger partial charge in [0.1, 0.15) is 0 Å². The molecule has 6 heteroatoms. The number of para-hydroxylation sites is 1. The molecule has 0 aromatic heterocycles. The van der Waals surface area contributed by atoms with E-state index in [9.17, 15) is 4.39 Å². The molecule has 1 fully saturated rings. The van der Waals surface area contributed by atoms with Crippen molar-refractivity contribution >= 4 is 24.8 Å². The van der Waals surface area contributed by atoms with E-state index in [1.165, 1.54) is 13.2 Å². The summed E-state index contributed by atoms with van der Waals surface area (Å²) in [5.74, 6) is 0.0884. The van der Waals surface area contributed by atoms with Crippen LogP contribution in [0, 0.1) is 5.82 Å². The highest BCUT2D eigenvalue weighted by atomic mass is 35.5. The molecule has 1 atom stereocenters. The van der Waals surface area contributed by atoms with E-state index < -0.39 is 0 Å². The number of nitrogens with zero attached hydrogens (tertiary/aromatic N) is 1. The Hall–Kier alpha value is -0.550.